The highest BCUT2D eigenvalue weighted by Gasteiger charge is 2.06. The van der Waals surface area contributed by atoms with Crippen LogP contribution in [0.5, 0.6) is 0 Å². The number of aromatic nitrogens is 1. The van der Waals surface area contributed by atoms with Gasteiger partial charge in [-0.25, -0.2) is 4.98 Å². The molecule has 0 amide bonds. The minimum absolute atomic E-state index is 0.671. The SMILES string of the molecule is CCCC(CCC)NCc1ncc(C)s1. The van der Waals surface area contributed by atoms with E-state index in [-0.39, 0.29) is 0 Å². The molecule has 0 spiro atoms. The largest absolute Gasteiger partial charge is 0.308 e. The Hall–Kier alpha value is -0.410. The molecule has 1 heterocycles. The van der Waals surface area contributed by atoms with E-state index in [0.717, 1.165) is 6.54 Å². The van der Waals surface area contributed by atoms with Crippen molar-refractivity contribution in [3.05, 3.63) is 16.1 Å². The Balaban J connectivity index is 2.32. The van der Waals surface area contributed by atoms with Gasteiger partial charge in [0, 0.05) is 23.7 Å². The minimum atomic E-state index is 0.671. The molecule has 1 N–H and O–H groups in total. The Morgan fingerprint density at radius 3 is 2.47 bits per heavy atom. The van der Waals surface area contributed by atoms with Gasteiger partial charge in [-0.3, -0.25) is 0 Å². The van der Waals surface area contributed by atoms with E-state index in [4.69, 9.17) is 0 Å². The van der Waals surface area contributed by atoms with Crippen LogP contribution in [0.1, 0.15) is 49.4 Å². The first-order valence-electron chi connectivity index (χ1n) is 5.91. The molecule has 0 aliphatic heterocycles. The number of nitrogens with zero attached hydrogens (tertiary/aromatic N) is 1. The summed E-state index contributed by atoms with van der Waals surface area (Å²) in [5.41, 5.74) is 0. The van der Waals surface area contributed by atoms with Crippen LogP contribution in [0.2, 0.25) is 0 Å². The summed E-state index contributed by atoms with van der Waals surface area (Å²) in [6.45, 7) is 7.54. The van der Waals surface area contributed by atoms with E-state index in [1.54, 1.807) is 11.3 Å². The third kappa shape index (κ3) is 4.76. The van der Waals surface area contributed by atoms with Crippen LogP contribution in [0.15, 0.2) is 6.20 Å². The average molecular weight is 226 g/mol. The van der Waals surface area contributed by atoms with Gasteiger partial charge < -0.3 is 5.32 Å². The lowest BCUT2D eigenvalue weighted by Crippen LogP contribution is -2.28. The molecular formula is C12H22N2S. The van der Waals surface area contributed by atoms with Gasteiger partial charge in [0.15, 0.2) is 0 Å². The van der Waals surface area contributed by atoms with E-state index in [1.165, 1.54) is 35.6 Å². The van der Waals surface area contributed by atoms with Crippen molar-refractivity contribution in [2.24, 2.45) is 0 Å². The second-order valence-corrected chi connectivity index (χ2v) is 5.34. The fraction of sp³-hybridized carbons (Fsp3) is 0.750. The Morgan fingerprint density at radius 1 is 1.33 bits per heavy atom. The Kier molecular flexibility index (Phi) is 5.88. The topological polar surface area (TPSA) is 24.9 Å². The van der Waals surface area contributed by atoms with E-state index in [0.29, 0.717) is 6.04 Å². The molecule has 0 atom stereocenters. The molecule has 0 aliphatic rings. The molecule has 0 saturated carbocycles. The summed E-state index contributed by atoms with van der Waals surface area (Å²) < 4.78 is 0. The van der Waals surface area contributed by atoms with Gasteiger partial charge in [-0.05, 0) is 19.8 Å². The molecule has 0 fully saturated rings. The van der Waals surface area contributed by atoms with Gasteiger partial charge >= 0.3 is 0 Å². The predicted molar refractivity (Wildman–Crippen MR) is 67.3 cm³/mol. The van der Waals surface area contributed by atoms with Crippen molar-refractivity contribution >= 4 is 11.3 Å². The number of aryl methyl sites for hydroxylation is 1. The monoisotopic (exact) mass is 226 g/mol. The Bertz CT molecular complexity index is 264. The molecule has 0 bridgehead atoms. The number of thiazole rings is 1. The number of hydrogen-bond donors (Lipinski definition) is 1. The lowest BCUT2D eigenvalue weighted by molar-refractivity contribution is 0.443. The highest BCUT2D eigenvalue weighted by atomic mass is 32.1. The van der Waals surface area contributed by atoms with Crippen molar-refractivity contribution in [1.29, 1.82) is 0 Å². The van der Waals surface area contributed by atoms with Crippen LogP contribution in [0.25, 0.3) is 0 Å². The maximum absolute atomic E-state index is 4.36. The van der Waals surface area contributed by atoms with Crippen molar-refractivity contribution in [2.45, 2.75) is 59.0 Å². The van der Waals surface area contributed by atoms with Crippen LogP contribution in [-0.4, -0.2) is 11.0 Å². The smallest absolute Gasteiger partial charge is 0.107 e. The highest BCUT2D eigenvalue weighted by Crippen LogP contribution is 2.12. The normalized spacial score (nSPS) is 11.2. The van der Waals surface area contributed by atoms with Crippen molar-refractivity contribution in [1.82, 2.24) is 10.3 Å². The molecule has 0 radical (unpaired) electrons. The molecule has 2 nitrogen and oxygen atoms in total. The molecule has 1 rings (SSSR count). The summed E-state index contributed by atoms with van der Waals surface area (Å²) in [7, 11) is 0. The van der Waals surface area contributed by atoms with Crippen LogP contribution in [-0.2, 0) is 6.54 Å². The first-order valence-corrected chi connectivity index (χ1v) is 6.72. The van der Waals surface area contributed by atoms with Crippen LogP contribution in [0.4, 0.5) is 0 Å². The van der Waals surface area contributed by atoms with Crippen molar-refractivity contribution in [3.63, 3.8) is 0 Å². The van der Waals surface area contributed by atoms with Gasteiger partial charge in [-0.2, -0.15) is 0 Å². The van der Waals surface area contributed by atoms with Gasteiger partial charge in [-0.1, -0.05) is 26.7 Å². The number of rotatable bonds is 7. The lowest BCUT2D eigenvalue weighted by Gasteiger charge is -2.16. The van der Waals surface area contributed by atoms with Crippen LogP contribution >= 0.6 is 11.3 Å². The third-order valence-corrected chi connectivity index (χ3v) is 3.40. The van der Waals surface area contributed by atoms with E-state index in [2.05, 4.69) is 31.1 Å². The van der Waals surface area contributed by atoms with Crippen LogP contribution in [0.3, 0.4) is 0 Å². The van der Waals surface area contributed by atoms with Gasteiger partial charge in [0.05, 0.1) is 0 Å². The Labute approximate surface area is 97.1 Å². The molecule has 3 heteroatoms. The van der Waals surface area contributed by atoms with E-state index in [9.17, 15) is 0 Å². The summed E-state index contributed by atoms with van der Waals surface area (Å²) in [5.74, 6) is 0. The standard InChI is InChI=1S/C12H22N2S/c1-4-6-11(7-5-2)13-9-12-14-8-10(3)15-12/h8,11,13H,4-7,9H2,1-3H3. The van der Waals surface area contributed by atoms with Crippen LogP contribution < -0.4 is 5.32 Å². The summed E-state index contributed by atoms with van der Waals surface area (Å²) in [6, 6.07) is 0.671. The molecule has 0 aromatic carbocycles. The molecule has 0 saturated heterocycles. The highest BCUT2D eigenvalue weighted by molar-refractivity contribution is 7.11. The van der Waals surface area contributed by atoms with E-state index < -0.39 is 0 Å². The number of hydrogen-bond acceptors (Lipinski definition) is 3. The summed E-state index contributed by atoms with van der Waals surface area (Å²) in [6.07, 6.45) is 7.02. The fourth-order valence-corrected chi connectivity index (χ4v) is 2.50. The maximum atomic E-state index is 4.36. The second kappa shape index (κ2) is 6.96. The maximum Gasteiger partial charge on any atom is 0.107 e. The zero-order valence-electron chi connectivity index (χ0n) is 10.0. The van der Waals surface area contributed by atoms with Crippen molar-refractivity contribution in [3.8, 4) is 0 Å². The molecule has 0 aliphatic carbocycles. The zero-order valence-corrected chi connectivity index (χ0v) is 10.9. The lowest BCUT2D eigenvalue weighted by atomic mass is 10.1. The molecule has 15 heavy (non-hydrogen) atoms. The molecule has 86 valence electrons. The predicted octanol–water partition coefficient (Wildman–Crippen LogP) is 3.51. The van der Waals surface area contributed by atoms with Crippen molar-refractivity contribution < 1.29 is 0 Å². The quantitative estimate of drug-likeness (QED) is 0.769. The first kappa shape index (κ1) is 12.7. The molecular weight excluding hydrogens is 204 g/mol. The zero-order chi connectivity index (χ0) is 11.1. The average Bonchev–Trinajstić information content (AvgIpc) is 2.61. The summed E-state index contributed by atoms with van der Waals surface area (Å²) >= 11 is 1.79. The first-order chi connectivity index (χ1) is 7.26. The number of nitrogens with one attached hydrogen (secondary N) is 1. The third-order valence-electron chi connectivity index (χ3n) is 2.49. The molecule has 1 aromatic rings. The van der Waals surface area contributed by atoms with Gasteiger partial charge in [0.2, 0.25) is 0 Å². The fourth-order valence-electron chi connectivity index (χ4n) is 1.76. The van der Waals surface area contributed by atoms with Crippen LogP contribution in [0, 0.1) is 6.92 Å². The summed E-state index contributed by atoms with van der Waals surface area (Å²) in [4.78, 5) is 5.66. The van der Waals surface area contributed by atoms with E-state index >= 15 is 0 Å². The van der Waals surface area contributed by atoms with Gasteiger partial charge in [-0.15, -0.1) is 11.3 Å². The molecule has 1 aromatic heterocycles. The second-order valence-electron chi connectivity index (χ2n) is 4.02. The van der Waals surface area contributed by atoms with Crippen molar-refractivity contribution in [2.75, 3.05) is 0 Å². The van der Waals surface area contributed by atoms with Gasteiger partial charge in [0.25, 0.3) is 0 Å². The molecule has 0 unspecified atom stereocenters. The summed E-state index contributed by atoms with van der Waals surface area (Å²) in [5, 5.41) is 4.81. The van der Waals surface area contributed by atoms with Gasteiger partial charge in [0.1, 0.15) is 5.01 Å². The minimum Gasteiger partial charge on any atom is -0.308 e. The van der Waals surface area contributed by atoms with E-state index in [1.807, 2.05) is 6.20 Å². The Morgan fingerprint density at radius 2 is 2.00 bits per heavy atom.